The molecule has 162 valence electrons. The van der Waals surface area contributed by atoms with E-state index in [2.05, 4.69) is 6.92 Å². The van der Waals surface area contributed by atoms with Crippen molar-refractivity contribution in [1.29, 1.82) is 0 Å². The van der Waals surface area contributed by atoms with Gasteiger partial charge in [0.05, 0.1) is 12.2 Å². The number of ether oxygens (including phenoxy) is 1. The number of carbonyl (C=O) groups is 1. The molecule has 6 heteroatoms. The van der Waals surface area contributed by atoms with Gasteiger partial charge in [0.25, 0.3) is 0 Å². The van der Waals surface area contributed by atoms with E-state index in [9.17, 15) is 18.7 Å². The molecular weight excluding hydrogens is 484 g/mol. The van der Waals surface area contributed by atoms with E-state index in [1.807, 2.05) is 19.1 Å². The predicted molar refractivity (Wildman–Crippen MR) is 117 cm³/mol. The van der Waals surface area contributed by atoms with E-state index in [-0.39, 0.29) is 63.8 Å². The van der Waals surface area contributed by atoms with Gasteiger partial charge in [-0.25, -0.2) is 13.6 Å². The van der Waals surface area contributed by atoms with Crippen molar-refractivity contribution in [3.63, 3.8) is 0 Å². The summed E-state index contributed by atoms with van der Waals surface area (Å²) in [5, 5.41) is 9.76. The molecule has 0 spiro atoms. The van der Waals surface area contributed by atoms with Crippen LogP contribution < -0.4 is 58.2 Å². The minimum absolute atomic E-state index is 0. The van der Waals surface area contributed by atoms with Gasteiger partial charge in [-0.05, 0) is 60.7 Å². The largest absolute Gasteiger partial charge is 1.00 e. The molecular formula is C26H25F2O3Rb. The predicted octanol–water partition coefficient (Wildman–Crippen LogP) is 2.83. The summed E-state index contributed by atoms with van der Waals surface area (Å²) >= 11 is 0. The Labute approximate surface area is 236 Å². The number of aliphatic hydroxyl groups excluding tert-OH is 1. The van der Waals surface area contributed by atoms with E-state index in [0.717, 1.165) is 16.7 Å². The maximum Gasteiger partial charge on any atom is 1.00 e. The molecule has 3 aromatic rings. The topological polar surface area (TPSA) is 46.5 Å². The molecule has 3 aromatic carbocycles. The molecule has 32 heavy (non-hydrogen) atoms. The van der Waals surface area contributed by atoms with Crippen LogP contribution in [0.3, 0.4) is 0 Å². The summed E-state index contributed by atoms with van der Waals surface area (Å²) in [7, 11) is 0. The fourth-order valence-corrected chi connectivity index (χ4v) is 3.79. The van der Waals surface area contributed by atoms with Gasteiger partial charge in [-0.1, -0.05) is 42.0 Å². The van der Waals surface area contributed by atoms with Crippen molar-refractivity contribution in [3.8, 4) is 11.1 Å². The minimum atomic E-state index is -1.16. The van der Waals surface area contributed by atoms with E-state index in [1.165, 1.54) is 18.2 Å². The fourth-order valence-electron chi connectivity index (χ4n) is 3.79. The quantitative estimate of drug-likeness (QED) is 0.411. The van der Waals surface area contributed by atoms with E-state index < -0.39 is 30.3 Å². The zero-order valence-electron chi connectivity index (χ0n) is 18.8. The first-order valence-electron chi connectivity index (χ1n) is 10.0. The number of halogens is 2. The molecule has 0 aliphatic heterocycles. The Morgan fingerprint density at radius 3 is 2.03 bits per heavy atom. The third kappa shape index (κ3) is 6.00. The third-order valence-electron chi connectivity index (χ3n) is 5.30. The molecule has 1 atom stereocenters. The van der Waals surface area contributed by atoms with Gasteiger partial charge in [-0.15, -0.1) is 0 Å². The maximum absolute atomic E-state index is 14.9. The second-order valence-electron chi connectivity index (χ2n) is 7.64. The average Bonchev–Trinajstić information content (AvgIpc) is 2.71. The third-order valence-corrected chi connectivity index (χ3v) is 5.30. The maximum atomic E-state index is 14.9. The summed E-state index contributed by atoms with van der Waals surface area (Å²) < 4.78 is 34.4. The van der Waals surface area contributed by atoms with Gasteiger partial charge in [0.1, 0.15) is 11.6 Å². The standard InChI is InChI=1S/C26H25F2O3.Rb/c1-5-18-6-7-19(12-22(18)27)20-8-9-21(23(28)13-20)24(14-29)31-26(30)25-16(3)10-15(2)11-17(25)4;/h6-13,24,29H,1,5,14H2,2-4H3;/q-1;+1. The van der Waals surface area contributed by atoms with Crippen LogP contribution in [0, 0.1) is 39.3 Å². The Morgan fingerprint density at radius 1 is 0.969 bits per heavy atom. The van der Waals surface area contributed by atoms with E-state index >= 15 is 0 Å². The molecule has 0 saturated heterocycles. The first-order valence-corrected chi connectivity index (χ1v) is 10.0. The molecule has 0 heterocycles. The molecule has 0 bridgehead atoms. The Morgan fingerprint density at radius 2 is 1.53 bits per heavy atom. The first kappa shape index (κ1) is 27.0. The summed E-state index contributed by atoms with van der Waals surface area (Å²) in [5.74, 6) is -1.67. The number of hydrogen-bond acceptors (Lipinski definition) is 3. The number of aryl methyl sites for hydroxylation is 3. The Kier molecular flexibility index (Phi) is 9.92. The molecule has 0 fully saturated rings. The Hall–Kier alpha value is -1.24. The van der Waals surface area contributed by atoms with E-state index in [0.29, 0.717) is 28.7 Å². The molecule has 0 aliphatic carbocycles. The van der Waals surface area contributed by atoms with Gasteiger partial charge >= 0.3 is 64.2 Å². The monoisotopic (exact) mass is 508 g/mol. The molecule has 0 radical (unpaired) electrons. The van der Waals surface area contributed by atoms with Crippen LogP contribution in [-0.2, 0) is 11.2 Å². The molecule has 3 rings (SSSR count). The molecule has 0 aliphatic rings. The summed E-state index contributed by atoms with van der Waals surface area (Å²) in [5.41, 5.74) is 4.46. The van der Waals surface area contributed by atoms with Gasteiger partial charge in [0.2, 0.25) is 0 Å². The van der Waals surface area contributed by atoms with Crippen molar-refractivity contribution in [2.75, 3.05) is 6.61 Å². The van der Waals surface area contributed by atoms with Crippen molar-refractivity contribution in [2.24, 2.45) is 0 Å². The Balaban J connectivity index is 0.00000363. The van der Waals surface area contributed by atoms with Crippen LogP contribution >= 0.6 is 0 Å². The molecule has 0 aromatic heterocycles. The van der Waals surface area contributed by atoms with E-state index in [4.69, 9.17) is 4.74 Å². The summed E-state index contributed by atoms with van der Waals surface area (Å²) in [6.07, 6.45) is -0.838. The van der Waals surface area contributed by atoms with Crippen LogP contribution in [0.1, 0.15) is 44.3 Å². The minimum Gasteiger partial charge on any atom is -0.451 e. The molecule has 0 saturated carbocycles. The van der Waals surface area contributed by atoms with E-state index in [1.54, 1.807) is 32.0 Å². The van der Waals surface area contributed by atoms with Gasteiger partial charge in [0, 0.05) is 5.56 Å². The molecule has 1 N–H and O–H groups in total. The van der Waals surface area contributed by atoms with Crippen molar-refractivity contribution >= 4 is 5.97 Å². The number of rotatable bonds is 6. The van der Waals surface area contributed by atoms with Crippen LogP contribution in [0.4, 0.5) is 8.78 Å². The van der Waals surface area contributed by atoms with Crippen molar-refractivity contribution in [1.82, 2.24) is 0 Å². The molecule has 0 amide bonds. The average molecular weight is 509 g/mol. The summed E-state index contributed by atoms with van der Waals surface area (Å²) in [4.78, 5) is 12.7. The van der Waals surface area contributed by atoms with Crippen LogP contribution in [0.25, 0.3) is 11.1 Å². The smallest absolute Gasteiger partial charge is 0.451 e. The van der Waals surface area contributed by atoms with Crippen LogP contribution in [0.5, 0.6) is 0 Å². The number of aliphatic hydroxyl groups is 1. The van der Waals surface area contributed by atoms with Crippen molar-refractivity contribution < 1.29 is 81.6 Å². The van der Waals surface area contributed by atoms with Crippen LogP contribution in [-0.4, -0.2) is 17.7 Å². The first-order chi connectivity index (χ1) is 14.7. The number of carbonyl (C=O) groups excluding carboxylic acids is 1. The van der Waals surface area contributed by atoms with Crippen molar-refractivity contribution in [2.45, 2.75) is 33.3 Å². The van der Waals surface area contributed by atoms with Gasteiger partial charge in [-0.3, -0.25) is 0 Å². The SMILES string of the molecule is [CH2-]Cc1ccc(-c2ccc(C(CO)OC(=O)c3c(C)cc(C)cc3C)c(F)c2)cc1F.[Rb+]. The Bertz CT molecular complexity index is 1110. The summed E-state index contributed by atoms with van der Waals surface area (Å²) in [6, 6.07) is 12.7. The zero-order chi connectivity index (χ0) is 22.7. The van der Waals surface area contributed by atoms with Crippen LogP contribution in [0.2, 0.25) is 0 Å². The van der Waals surface area contributed by atoms with Gasteiger partial charge in [-0.2, -0.15) is 6.42 Å². The fraction of sp³-hybridized carbons (Fsp3) is 0.231. The molecule has 1 unspecified atom stereocenters. The van der Waals surface area contributed by atoms with Crippen LogP contribution in [0.15, 0.2) is 48.5 Å². The normalized spacial score (nSPS) is 11.6. The van der Waals surface area contributed by atoms with Crippen molar-refractivity contribution in [3.05, 3.63) is 100 Å². The number of hydrogen-bond donors (Lipinski definition) is 1. The second-order valence-corrected chi connectivity index (χ2v) is 7.64. The van der Waals surface area contributed by atoms with Gasteiger partial charge in [0.15, 0.2) is 6.10 Å². The zero-order valence-corrected chi connectivity index (χ0v) is 23.8. The molecule has 3 nitrogen and oxygen atoms in total. The van der Waals surface area contributed by atoms with Gasteiger partial charge < -0.3 is 16.8 Å². The number of esters is 1. The second kappa shape index (κ2) is 11.8. The number of benzene rings is 3. The summed E-state index contributed by atoms with van der Waals surface area (Å²) in [6.45, 7) is 8.64.